The van der Waals surface area contributed by atoms with Crippen LogP contribution in [0.4, 0.5) is 4.79 Å². The van der Waals surface area contributed by atoms with Gasteiger partial charge in [0.05, 0.1) is 40.8 Å². The van der Waals surface area contributed by atoms with Gasteiger partial charge in [-0.25, -0.2) is 4.79 Å². The zero-order valence-corrected chi connectivity index (χ0v) is 26.4. The van der Waals surface area contributed by atoms with E-state index in [1.165, 1.54) is 96.8 Å². The zero-order valence-electron chi connectivity index (χ0n) is 24.8. The van der Waals surface area contributed by atoms with E-state index < -0.39 is 18.2 Å². The third-order valence-electron chi connectivity index (χ3n) is 6.23. The number of amides is 1. The molecule has 0 saturated carbocycles. The van der Waals surface area contributed by atoms with E-state index in [0.717, 1.165) is 23.9 Å². The van der Waals surface area contributed by atoms with E-state index in [-0.39, 0.29) is 30.2 Å². The molecular formula is C29H59BrN2O5. The summed E-state index contributed by atoms with van der Waals surface area (Å²) in [6.07, 6.45) is 20.3. The largest absolute Gasteiger partial charge is 1.00 e. The normalized spacial score (nSPS) is 12.0. The van der Waals surface area contributed by atoms with Gasteiger partial charge in [0.15, 0.2) is 6.10 Å². The highest BCUT2D eigenvalue weighted by atomic mass is 79.9. The minimum atomic E-state index is -0.576. The van der Waals surface area contributed by atoms with Crippen molar-refractivity contribution in [2.24, 2.45) is 0 Å². The molecule has 8 heteroatoms. The second-order valence-corrected chi connectivity index (χ2v) is 11.1. The van der Waals surface area contributed by atoms with E-state index in [9.17, 15) is 9.59 Å². The average Bonchev–Trinajstić information content (AvgIpc) is 2.80. The van der Waals surface area contributed by atoms with Crippen LogP contribution >= 0.6 is 0 Å². The number of likely N-dealkylation sites (N-methyl/N-ethyl adjacent to an activating group) is 1. The molecule has 0 aromatic heterocycles. The van der Waals surface area contributed by atoms with Gasteiger partial charge in [-0.2, -0.15) is 0 Å². The van der Waals surface area contributed by atoms with Crippen LogP contribution in [0.1, 0.15) is 117 Å². The Balaban J connectivity index is 0. The molecule has 7 nitrogen and oxygen atoms in total. The number of hydrogen-bond donors (Lipinski definition) is 1. The Hall–Kier alpha value is -0.860. The lowest BCUT2D eigenvalue weighted by molar-refractivity contribution is -0.869. The number of nitrogens with zero attached hydrogens (tertiary/aromatic N) is 1. The van der Waals surface area contributed by atoms with Crippen LogP contribution in [0.3, 0.4) is 0 Å². The van der Waals surface area contributed by atoms with Crippen LogP contribution < -0.4 is 22.3 Å². The van der Waals surface area contributed by atoms with Crippen LogP contribution in [0.5, 0.6) is 0 Å². The predicted octanol–water partition coefficient (Wildman–Crippen LogP) is 3.63. The number of ether oxygens (including phenoxy) is 3. The molecule has 0 aromatic rings. The summed E-state index contributed by atoms with van der Waals surface area (Å²) in [5, 5.41) is 2.72. The average molecular weight is 596 g/mol. The number of hydrogen-bond acceptors (Lipinski definition) is 5. The summed E-state index contributed by atoms with van der Waals surface area (Å²) >= 11 is 0. The lowest BCUT2D eigenvalue weighted by Gasteiger charge is -2.23. The van der Waals surface area contributed by atoms with E-state index in [4.69, 9.17) is 14.2 Å². The molecule has 1 unspecified atom stereocenters. The first-order valence-electron chi connectivity index (χ1n) is 14.7. The van der Waals surface area contributed by atoms with Gasteiger partial charge in [0, 0.05) is 13.5 Å². The molecule has 0 aromatic carbocycles. The molecular weight excluding hydrogens is 536 g/mol. The molecule has 0 bridgehead atoms. The molecule has 1 N–H and O–H groups in total. The number of nitrogens with one attached hydrogen (secondary N) is 1. The van der Waals surface area contributed by atoms with Crippen molar-refractivity contribution in [3.63, 3.8) is 0 Å². The molecule has 0 saturated heterocycles. The Morgan fingerprint density at radius 3 is 1.62 bits per heavy atom. The van der Waals surface area contributed by atoms with Gasteiger partial charge >= 0.3 is 12.1 Å². The maximum atomic E-state index is 11.8. The molecule has 1 amide bonds. The summed E-state index contributed by atoms with van der Waals surface area (Å²) in [5.41, 5.74) is 0. The fraction of sp³-hybridized carbons (Fsp3) is 0.931. The summed E-state index contributed by atoms with van der Waals surface area (Å²) in [6.45, 7) is 5.81. The molecule has 222 valence electrons. The summed E-state index contributed by atoms with van der Waals surface area (Å²) in [5.74, 6) is -0.403. The van der Waals surface area contributed by atoms with Gasteiger partial charge in [0.2, 0.25) is 0 Å². The molecule has 0 radical (unpaired) electrons. The lowest BCUT2D eigenvalue weighted by atomic mass is 10.0. The molecule has 0 heterocycles. The van der Waals surface area contributed by atoms with Crippen molar-refractivity contribution in [2.45, 2.75) is 123 Å². The number of alkyl carbamates (subject to hydrolysis) is 1. The van der Waals surface area contributed by atoms with Crippen LogP contribution in [0.15, 0.2) is 0 Å². The Labute approximate surface area is 239 Å². The number of esters is 1. The minimum absolute atomic E-state index is 0. The topological polar surface area (TPSA) is 73.9 Å². The summed E-state index contributed by atoms with van der Waals surface area (Å²) in [7, 11) is 6.17. The van der Waals surface area contributed by atoms with Gasteiger partial charge in [-0.3, -0.25) is 4.79 Å². The second kappa shape index (κ2) is 26.7. The van der Waals surface area contributed by atoms with E-state index in [1.54, 1.807) is 0 Å². The highest BCUT2D eigenvalue weighted by Crippen LogP contribution is 2.13. The van der Waals surface area contributed by atoms with E-state index in [1.807, 2.05) is 0 Å². The van der Waals surface area contributed by atoms with Crippen molar-refractivity contribution in [3.05, 3.63) is 0 Å². The minimum Gasteiger partial charge on any atom is -1.00 e. The maximum Gasteiger partial charge on any atom is 0.407 e. The molecule has 0 fully saturated rings. The molecule has 37 heavy (non-hydrogen) atoms. The van der Waals surface area contributed by atoms with Crippen molar-refractivity contribution in [3.8, 4) is 0 Å². The van der Waals surface area contributed by atoms with E-state index in [2.05, 4.69) is 33.4 Å². The molecule has 0 aliphatic heterocycles. The van der Waals surface area contributed by atoms with Gasteiger partial charge in [-0.05, 0) is 6.42 Å². The standard InChI is InChI=1S/C29H58N2O5.BrH/c1-6-7-8-9-10-11-12-13-14-15-16-17-18-19-20-21-24-34-25-28(36-27(2)32)26-35-29(33)30-22-23-31(3,4)5;/h28H,6-26H2,1-5H3;1H. The van der Waals surface area contributed by atoms with Crippen LogP contribution in [-0.4, -0.2) is 76.7 Å². The summed E-state index contributed by atoms with van der Waals surface area (Å²) in [6, 6.07) is 0. The van der Waals surface area contributed by atoms with Gasteiger partial charge in [-0.1, -0.05) is 103 Å². The van der Waals surface area contributed by atoms with E-state index >= 15 is 0 Å². The van der Waals surface area contributed by atoms with Gasteiger partial charge in [0.25, 0.3) is 0 Å². The number of unbranched alkanes of at least 4 members (excludes halogenated alkanes) is 15. The number of halogens is 1. The smallest absolute Gasteiger partial charge is 0.407 e. The molecule has 0 spiro atoms. The Bertz CT molecular complexity index is 529. The molecule has 0 rings (SSSR count). The van der Waals surface area contributed by atoms with Crippen LogP contribution in [0.25, 0.3) is 0 Å². The monoisotopic (exact) mass is 594 g/mol. The highest BCUT2D eigenvalue weighted by molar-refractivity contribution is 5.67. The van der Waals surface area contributed by atoms with Crippen molar-refractivity contribution < 1.29 is 45.3 Å². The molecule has 0 aliphatic carbocycles. The van der Waals surface area contributed by atoms with E-state index in [0.29, 0.717) is 13.2 Å². The van der Waals surface area contributed by atoms with Crippen molar-refractivity contribution >= 4 is 12.1 Å². The van der Waals surface area contributed by atoms with Crippen LogP contribution in [0, 0.1) is 0 Å². The fourth-order valence-electron chi connectivity index (χ4n) is 4.03. The van der Waals surface area contributed by atoms with Crippen molar-refractivity contribution in [1.29, 1.82) is 0 Å². The van der Waals surface area contributed by atoms with Crippen molar-refractivity contribution in [2.75, 3.05) is 54.1 Å². The number of carbonyl (C=O) groups excluding carboxylic acids is 2. The fourth-order valence-corrected chi connectivity index (χ4v) is 4.03. The third kappa shape index (κ3) is 31.3. The van der Waals surface area contributed by atoms with Crippen LogP contribution in [-0.2, 0) is 19.0 Å². The molecule has 0 aliphatic rings. The second-order valence-electron chi connectivity index (χ2n) is 11.1. The Morgan fingerprint density at radius 2 is 1.19 bits per heavy atom. The van der Waals surface area contributed by atoms with Crippen molar-refractivity contribution in [1.82, 2.24) is 5.32 Å². The lowest BCUT2D eigenvalue weighted by Crippen LogP contribution is -3.00. The molecule has 1 atom stereocenters. The Morgan fingerprint density at radius 1 is 0.730 bits per heavy atom. The van der Waals surface area contributed by atoms with Gasteiger partial charge in [0.1, 0.15) is 6.61 Å². The maximum absolute atomic E-state index is 11.8. The van der Waals surface area contributed by atoms with Gasteiger partial charge in [-0.15, -0.1) is 0 Å². The highest BCUT2D eigenvalue weighted by Gasteiger charge is 2.16. The first kappa shape index (κ1) is 38.3. The zero-order chi connectivity index (χ0) is 26.9. The van der Waals surface area contributed by atoms with Gasteiger partial charge < -0.3 is 41.0 Å². The summed E-state index contributed by atoms with van der Waals surface area (Å²) in [4.78, 5) is 23.2. The number of carbonyl (C=O) groups is 2. The number of rotatable bonds is 25. The predicted molar refractivity (Wildman–Crippen MR) is 148 cm³/mol. The number of quaternary nitrogens is 1. The third-order valence-corrected chi connectivity index (χ3v) is 6.23. The summed E-state index contributed by atoms with van der Waals surface area (Å²) < 4.78 is 16.8. The first-order chi connectivity index (χ1) is 17.2. The Kier molecular flexibility index (Phi) is 27.7. The first-order valence-corrected chi connectivity index (χ1v) is 14.7. The SMILES string of the molecule is CCCCCCCCCCCCCCCCCCOCC(COC(=O)NCC[N+](C)(C)C)OC(C)=O.[Br-]. The van der Waals surface area contributed by atoms with Crippen LogP contribution in [0.2, 0.25) is 0 Å². The quantitative estimate of drug-likeness (QED) is 0.0992.